The lowest BCUT2D eigenvalue weighted by atomic mass is 10.1. The molecule has 28 heavy (non-hydrogen) atoms. The minimum absolute atomic E-state index is 0.0669. The van der Waals surface area contributed by atoms with Gasteiger partial charge in [-0.25, -0.2) is 0 Å². The van der Waals surface area contributed by atoms with Crippen molar-refractivity contribution < 1.29 is 19.4 Å². The van der Waals surface area contributed by atoms with E-state index in [0.717, 1.165) is 6.07 Å². The number of nitro benzene ring substituents is 1. The van der Waals surface area contributed by atoms with Crippen LogP contribution in [-0.2, 0) is 14.7 Å². The number of benzene rings is 3. The minimum atomic E-state index is -4.00. The molecule has 8 heteroatoms. The third-order valence-electron chi connectivity index (χ3n) is 4.85. The second-order valence-electron chi connectivity index (χ2n) is 6.39. The number of nitrogens with one attached hydrogen (secondary N) is 1. The van der Waals surface area contributed by atoms with Crippen LogP contribution >= 0.6 is 7.14 Å². The number of rotatable bonds is 4. The van der Waals surface area contributed by atoms with Crippen molar-refractivity contribution in [2.45, 2.75) is 5.34 Å². The number of fused-ring (bicyclic) bond motifs is 1. The maximum absolute atomic E-state index is 14.5. The first-order valence-corrected chi connectivity index (χ1v) is 10.1. The van der Waals surface area contributed by atoms with Gasteiger partial charge in [0.2, 0.25) is 5.34 Å². The number of non-ortho nitro benzene ring substituents is 1. The first-order valence-electron chi connectivity index (χ1n) is 8.43. The Labute approximate surface area is 160 Å². The largest absolute Gasteiger partial charge is 0.369 e. The molecule has 1 atom stereocenters. The zero-order chi connectivity index (χ0) is 19.9. The molecule has 0 spiro atoms. The van der Waals surface area contributed by atoms with Crippen LogP contribution in [0, 0.1) is 10.1 Å². The van der Waals surface area contributed by atoms with Gasteiger partial charge in [0, 0.05) is 34.0 Å². The van der Waals surface area contributed by atoms with Crippen molar-refractivity contribution >= 4 is 35.0 Å². The van der Waals surface area contributed by atoms with Crippen LogP contribution in [0.4, 0.5) is 11.4 Å². The van der Waals surface area contributed by atoms with Crippen molar-refractivity contribution in [1.82, 2.24) is 0 Å². The lowest BCUT2D eigenvalue weighted by Gasteiger charge is -2.32. The van der Waals surface area contributed by atoms with Crippen LogP contribution in [0.5, 0.6) is 0 Å². The van der Waals surface area contributed by atoms with Crippen LogP contribution in [0.25, 0.3) is 0 Å². The summed E-state index contributed by atoms with van der Waals surface area (Å²) in [6.45, 7) is 0. The second kappa shape index (κ2) is 6.41. The van der Waals surface area contributed by atoms with E-state index in [4.69, 9.17) is 0 Å². The molecule has 0 saturated carbocycles. The average Bonchev–Trinajstić information content (AvgIpc) is 2.99. The van der Waals surface area contributed by atoms with Gasteiger partial charge in [-0.15, -0.1) is 0 Å². The highest BCUT2D eigenvalue weighted by Gasteiger charge is 2.60. The maximum Gasteiger partial charge on any atom is 0.269 e. The van der Waals surface area contributed by atoms with E-state index < -0.39 is 23.3 Å². The predicted octanol–water partition coefficient (Wildman–Crippen LogP) is 2.71. The van der Waals surface area contributed by atoms with E-state index >= 15 is 0 Å². The highest BCUT2D eigenvalue weighted by atomic mass is 31.2. The molecule has 0 bridgehead atoms. The Bertz CT molecular complexity index is 1090. The van der Waals surface area contributed by atoms with E-state index in [1.807, 2.05) is 0 Å². The fraction of sp³-hybridized carbons (Fsp3) is 0.0500. The lowest BCUT2D eigenvalue weighted by Crippen LogP contribution is -2.41. The van der Waals surface area contributed by atoms with Crippen molar-refractivity contribution in [3.8, 4) is 0 Å². The fourth-order valence-corrected chi connectivity index (χ4v) is 6.58. The first-order chi connectivity index (χ1) is 13.4. The van der Waals surface area contributed by atoms with Crippen molar-refractivity contribution in [1.29, 1.82) is 0 Å². The Hall–Kier alpha value is -3.28. The summed E-state index contributed by atoms with van der Waals surface area (Å²) in [6.07, 6.45) is 0. The first kappa shape index (κ1) is 18.1. The summed E-state index contributed by atoms with van der Waals surface area (Å²) in [6, 6.07) is 20.1. The van der Waals surface area contributed by atoms with E-state index in [2.05, 4.69) is 5.32 Å². The normalized spacial score (nSPS) is 18.4. The van der Waals surface area contributed by atoms with Gasteiger partial charge >= 0.3 is 0 Å². The average molecular weight is 394 g/mol. The summed E-state index contributed by atoms with van der Waals surface area (Å²) in [5.41, 5.74) is -0.172. The van der Waals surface area contributed by atoms with Crippen LogP contribution < -0.4 is 15.9 Å². The van der Waals surface area contributed by atoms with Gasteiger partial charge in [-0.1, -0.05) is 60.7 Å². The lowest BCUT2D eigenvalue weighted by molar-refractivity contribution is -0.384. The smallest absolute Gasteiger partial charge is 0.269 e. The third kappa shape index (κ3) is 2.41. The summed E-state index contributed by atoms with van der Waals surface area (Å²) in [4.78, 5) is 23.5. The topological polar surface area (TPSA) is 110 Å². The molecular formula is C20H15N2O5P. The summed E-state index contributed by atoms with van der Waals surface area (Å²) in [7, 11) is -4.00. The van der Waals surface area contributed by atoms with E-state index in [1.165, 1.54) is 12.1 Å². The van der Waals surface area contributed by atoms with Crippen molar-refractivity contribution in [3.05, 3.63) is 94.5 Å². The number of carbonyl (C=O) groups excluding carboxylic acids is 1. The van der Waals surface area contributed by atoms with E-state index in [-0.39, 0.29) is 27.5 Å². The molecule has 4 rings (SSSR count). The van der Waals surface area contributed by atoms with E-state index in [9.17, 15) is 24.6 Å². The van der Waals surface area contributed by atoms with E-state index in [1.54, 1.807) is 60.7 Å². The fourth-order valence-electron chi connectivity index (χ4n) is 3.49. The van der Waals surface area contributed by atoms with Gasteiger partial charge in [0.1, 0.15) is 0 Å². The molecule has 2 N–H and O–H groups in total. The van der Waals surface area contributed by atoms with Crippen LogP contribution in [-0.4, -0.2) is 15.9 Å². The molecule has 0 radical (unpaired) electrons. The molecular weight excluding hydrogens is 379 g/mol. The molecule has 1 aliphatic rings. The van der Waals surface area contributed by atoms with Gasteiger partial charge in [0.15, 0.2) is 7.14 Å². The quantitative estimate of drug-likeness (QED) is 0.402. The molecule has 7 nitrogen and oxygen atoms in total. The zero-order valence-corrected chi connectivity index (χ0v) is 15.4. The second-order valence-corrected chi connectivity index (χ2v) is 9.29. The van der Waals surface area contributed by atoms with Gasteiger partial charge in [-0.3, -0.25) is 14.9 Å². The Morgan fingerprint density at radius 2 is 1.46 bits per heavy atom. The van der Waals surface area contributed by atoms with Gasteiger partial charge in [0.25, 0.3) is 11.6 Å². The number of hydrogen-bond acceptors (Lipinski definition) is 5. The molecule has 0 aliphatic carbocycles. The zero-order valence-electron chi connectivity index (χ0n) is 14.5. The molecule has 0 aromatic heterocycles. The SMILES string of the molecule is O=C1Nc2ccc([N+](=O)[O-])cc2C1(O)P(=O)(c1ccccc1)c1ccccc1. The van der Waals surface area contributed by atoms with Crippen LogP contribution in [0.3, 0.4) is 0 Å². The summed E-state index contributed by atoms with van der Waals surface area (Å²) >= 11 is 0. The van der Waals surface area contributed by atoms with Gasteiger partial charge in [0.05, 0.1) is 4.92 Å². The molecule has 1 heterocycles. The summed E-state index contributed by atoms with van der Waals surface area (Å²) in [5.74, 6) is -0.876. The highest BCUT2D eigenvalue weighted by Crippen LogP contribution is 2.63. The molecule has 3 aromatic rings. The van der Waals surface area contributed by atoms with Crippen molar-refractivity contribution in [2.24, 2.45) is 0 Å². The van der Waals surface area contributed by atoms with Crippen LogP contribution in [0.1, 0.15) is 5.56 Å². The monoisotopic (exact) mass is 394 g/mol. The van der Waals surface area contributed by atoms with Gasteiger partial charge in [-0.2, -0.15) is 0 Å². The van der Waals surface area contributed by atoms with Crippen molar-refractivity contribution in [2.75, 3.05) is 5.32 Å². The predicted molar refractivity (Wildman–Crippen MR) is 105 cm³/mol. The number of aliphatic hydroxyl groups is 1. The standard InChI is InChI=1S/C20H15N2O5P/c23-19-20(24,17-13-14(22(25)26)11-12-18(17)21-19)28(27,15-7-3-1-4-8-15)16-9-5-2-6-10-16/h1-13,24H,(H,21,23). The molecule has 140 valence electrons. The third-order valence-corrected chi connectivity index (χ3v) is 8.26. The maximum atomic E-state index is 14.5. The molecule has 1 unspecified atom stereocenters. The summed E-state index contributed by atoms with van der Waals surface area (Å²) < 4.78 is 14.5. The van der Waals surface area contributed by atoms with Crippen LogP contribution in [0.15, 0.2) is 78.9 Å². The minimum Gasteiger partial charge on any atom is -0.369 e. The number of hydrogen-bond donors (Lipinski definition) is 2. The Kier molecular flexibility index (Phi) is 4.14. The van der Waals surface area contributed by atoms with Gasteiger partial charge in [-0.05, 0) is 6.07 Å². The van der Waals surface area contributed by atoms with Crippen molar-refractivity contribution in [3.63, 3.8) is 0 Å². The Balaban J connectivity index is 2.06. The molecule has 0 saturated heterocycles. The Morgan fingerprint density at radius 1 is 0.929 bits per heavy atom. The molecule has 1 aliphatic heterocycles. The number of nitro groups is 1. The van der Waals surface area contributed by atoms with Gasteiger partial charge < -0.3 is 15.0 Å². The number of amides is 1. The molecule has 3 aromatic carbocycles. The Morgan fingerprint density at radius 3 is 1.96 bits per heavy atom. The molecule has 1 amide bonds. The molecule has 0 fully saturated rings. The van der Waals surface area contributed by atoms with Crippen LogP contribution in [0.2, 0.25) is 0 Å². The number of nitrogens with zero attached hydrogens (tertiary/aromatic N) is 1. The number of anilines is 1. The highest BCUT2D eigenvalue weighted by molar-refractivity contribution is 7.80. The summed E-state index contributed by atoms with van der Waals surface area (Å²) in [5, 5.41) is 23.5. The van der Waals surface area contributed by atoms with E-state index in [0.29, 0.717) is 0 Å². The number of carbonyl (C=O) groups is 1.